The topological polar surface area (TPSA) is 40.6 Å². The molecule has 0 bridgehead atoms. The van der Waals surface area contributed by atoms with E-state index in [1.54, 1.807) is 0 Å². The monoisotopic (exact) mass is 264 g/mol. The van der Waals surface area contributed by atoms with Gasteiger partial charge in [0.25, 0.3) is 0 Å². The van der Waals surface area contributed by atoms with Gasteiger partial charge in [-0.05, 0) is 38.0 Å². The van der Waals surface area contributed by atoms with Crippen LogP contribution in [0, 0.1) is 5.92 Å². The molecule has 2 saturated heterocycles. The maximum atomic E-state index is 12.5. The zero-order chi connectivity index (χ0) is 13.2. The maximum Gasteiger partial charge on any atom is 0.245 e. The van der Waals surface area contributed by atoms with E-state index in [2.05, 4.69) is 0 Å². The fourth-order valence-electron chi connectivity index (χ4n) is 3.87. The Hall–Kier alpha value is -1.06. The van der Waals surface area contributed by atoms with Crippen LogP contribution >= 0.6 is 0 Å². The summed E-state index contributed by atoms with van der Waals surface area (Å²) >= 11 is 0. The van der Waals surface area contributed by atoms with Crippen LogP contribution in [0.3, 0.4) is 0 Å². The Labute approximate surface area is 115 Å². The fraction of sp³-hybridized carbons (Fsp3) is 0.867. The van der Waals surface area contributed by atoms with Crippen LogP contribution in [-0.2, 0) is 9.59 Å². The molecular formula is C15H24N2O2. The molecule has 19 heavy (non-hydrogen) atoms. The smallest absolute Gasteiger partial charge is 0.245 e. The number of nitrogens with zero attached hydrogens (tertiary/aromatic N) is 2. The van der Waals surface area contributed by atoms with E-state index in [9.17, 15) is 9.59 Å². The first-order valence-corrected chi connectivity index (χ1v) is 7.84. The summed E-state index contributed by atoms with van der Waals surface area (Å²) in [7, 11) is 0. The number of fused-ring (bicyclic) bond motifs is 1. The minimum absolute atomic E-state index is 0.140. The second-order valence-corrected chi connectivity index (χ2v) is 6.32. The van der Waals surface area contributed by atoms with Gasteiger partial charge in [-0.1, -0.05) is 19.3 Å². The van der Waals surface area contributed by atoms with E-state index in [1.807, 2.05) is 9.80 Å². The predicted molar refractivity (Wildman–Crippen MR) is 72.5 cm³/mol. The van der Waals surface area contributed by atoms with Crippen LogP contribution in [0.5, 0.6) is 0 Å². The predicted octanol–water partition coefficient (Wildman–Crippen LogP) is 1.79. The number of amides is 2. The molecule has 4 nitrogen and oxygen atoms in total. The van der Waals surface area contributed by atoms with E-state index in [1.165, 1.54) is 32.1 Å². The molecule has 1 saturated carbocycles. The van der Waals surface area contributed by atoms with Crippen molar-refractivity contribution in [1.82, 2.24) is 9.80 Å². The van der Waals surface area contributed by atoms with Gasteiger partial charge in [0.05, 0.1) is 6.54 Å². The molecule has 0 spiro atoms. The van der Waals surface area contributed by atoms with E-state index in [-0.39, 0.29) is 17.9 Å². The minimum Gasteiger partial charge on any atom is -0.331 e. The van der Waals surface area contributed by atoms with E-state index in [0.29, 0.717) is 12.5 Å². The molecule has 106 valence electrons. The molecule has 4 heteroatoms. The molecule has 2 amide bonds. The largest absolute Gasteiger partial charge is 0.331 e. The van der Waals surface area contributed by atoms with Crippen LogP contribution in [0.25, 0.3) is 0 Å². The van der Waals surface area contributed by atoms with Crippen molar-refractivity contribution in [2.75, 3.05) is 19.6 Å². The summed E-state index contributed by atoms with van der Waals surface area (Å²) in [6, 6.07) is -0.140. The Morgan fingerprint density at radius 1 is 0.947 bits per heavy atom. The number of hydrogen-bond acceptors (Lipinski definition) is 2. The molecule has 2 heterocycles. The lowest BCUT2D eigenvalue weighted by molar-refractivity contribution is -0.158. The summed E-state index contributed by atoms with van der Waals surface area (Å²) in [5.41, 5.74) is 0. The number of carbonyl (C=O) groups is 2. The molecular weight excluding hydrogens is 240 g/mol. The number of rotatable bonds is 2. The third-order valence-electron chi connectivity index (χ3n) is 4.95. The van der Waals surface area contributed by atoms with E-state index < -0.39 is 0 Å². The van der Waals surface area contributed by atoms with Gasteiger partial charge in [-0.15, -0.1) is 0 Å². The molecule has 0 aromatic heterocycles. The first kappa shape index (κ1) is 12.9. The summed E-state index contributed by atoms with van der Waals surface area (Å²) < 4.78 is 0. The van der Waals surface area contributed by atoms with Gasteiger partial charge in [0.15, 0.2) is 0 Å². The summed E-state index contributed by atoms with van der Waals surface area (Å²) in [6.07, 6.45) is 9.37. The van der Waals surface area contributed by atoms with Crippen molar-refractivity contribution < 1.29 is 9.59 Å². The summed E-state index contributed by atoms with van der Waals surface area (Å²) in [5.74, 6) is 1.01. The van der Waals surface area contributed by atoms with Crippen LogP contribution in [-0.4, -0.2) is 47.3 Å². The lowest BCUT2D eigenvalue weighted by atomic mass is 9.88. The highest BCUT2D eigenvalue weighted by Gasteiger charge is 2.40. The van der Waals surface area contributed by atoms with E-state index in [0.717, 1.165) is 32.4 Å². The first-order valence-electron chi connectivity index (χ1n) is 7.84. The van der Waals surface area contributed by atoms with E-state index >= 15 is 0 Å². The van der Waals surface area contributed by atoms with Crippen molar-refractivity contribution in [3.63, 3.8) is 0 Å². The Kier molecular flexibility index (Phi) is 3.76. The van der Waals surface area contributed by atoms with Crippen LogP contribution in [0.1, 0.15) is 51.4 Å². The third-order valence-corrected chi connectivity index (χ3v) is 4.95. The van der Waals surface area contributed by atoms with Crippen molar-refractivity contribution >= 4 is 11.8 Å². The van der Waals surface area contributed by atoms with Gasteiger partial charge >= 0.3 is 0 Å². The van der Waals surface area contributed by atoms with Gasteiger partial charge in [0, 0.05) is 13.1 Å². The minimum atomic E-state index is -0.140. The number of piperidine rings is 1. The van der Waals surface area contributed by atoms with Crippen LogP contribution in [0.15, 0.2) is 0 Å². The third kappa shape index (κ3) is 2.63. The van der Waals surface area contributed by atoms with Gasteiger partial charge in [-0.25, -0.2) is 0 Å². The molecule has 1 unspecified atom stereocenters. The van der Waals surface area contributed by atoms with Crippen molar-refractivity contribution in [2.24, 2.45) is 5.92 Å². The second kappa shape index (κ2) is 5.51. The van der Waals surface area contributed by atoms with Crippen LogP contribution < -0.4 is 0 Å². The zero-order valence-corrected chi connectivity index (χ0v) is 11.6. The first-order chi connectivity index (χ1) is 9.25. The fourth-order valence-corrected chi connectivity index (χ4v) is 3.87. The Morgan fingerprint density at radius 2 is 1.68 bits per heavy atom. The molecule has 3 rings (SSSR count). The molecule has 0 N–H and O–H groups in total. The van der Waals surface area contributed by atoms with E-state index in [4.69, 9.17) is 0 Å². The Balaban J connectivity index is 1.65. The lowest BCUT2D eigenvalue weighted by Crippen LogP contribution is -2.61. The Bertz CT molecular complexity index is 363. The van der Waals surface area contributed by atoms with Crippen molar-refractivity contribution in [3.8, 4) is 0 Å². The van der Waals surface area contributed by atoms with Gasteiger partial charge < -0.3 is 9.80 Å². The SMILES string of the molecule is O=C1C2CCCCN2C(=O)CN1CC1CCCCC1. The van der Waals surface area contributed by atoms with Crippen LogP contribution in [0.2, 0.25) is 0 Å². The highest BCUT2D eigenvalue weighted by atomic mass is 16.2. The summed E-state index contributed by atoms with van der Waals surface area (Å²) in [5, 5.41) is 0. The summed E-state index contributed by atoms with van der Waals surface area (Å²) in [4.78, 5) is 28.3. The average Bonchev–Trinajstić information content (AvgIpc) is 2.46. The normalized spacial score (nSPS) is 29.6. The van der Waals surface area contributed by atoms with Crippen molar-refractivity contribution in [3.05, 3.63) is 0 Å². The maximum absolute atomic E-state index is 12.5. The summed E-state index contributed by atoms with van der Waals surface area (Å²) in [6.45, 7) is 1.92. The lowest BCUT2D eigenvalue weighted by Gasteiger charge is -2.43. The second-order valence-electron chi connectivity index (χ2n) is 6.32. The number of carbonyl (C=O) groups excluding carboxylic acids is 2. The number of hydrogen-bond donors (Lipinski definition) is 0. The molecule has 1 aliphatic carbocycles. The molecule has 2 aliphatic heterocycles. The highest BCUT2D eigenvalue weighted by molar-refractivity contribution is 5.95. The highest BCUT2D eigenvalue weighted by Crippen LogP contribution is 2.28. The van der Waals surface area contributed by atoms with Gasteiger partial charge in [0.1, 0.15) is 6.04 Å². The Morgan fingerprint density at radius 3 is 2.47 bits per heavy atom. The standard InChI is InChI=1S/C15H24N2O2/c18-14-11-16(10-12-6-2-1-3-7-12)15(19)13-8-4-5-9-17(13)14/h12-13H,1-11H2. The van der Waals surface area contributed by atoms with Crippen molar-refractivity contribution in [2.45, 2.75) is 57.4 Å². The molecule has 0 radical (unpaired) electrons. The molecule has 0 aromatic carbocycles. The quantitative estimate of drug-likeness (QED) is 0.763. The van der Waals surface area contributed by atoms with Crippen LogP contribution in [0.4, 0.5) is 0 Å². The van der Waals surface area contributed by atoms with Gasteiger partial charge in [-0.3, -0.25) is 9.59 Å². The number of piperazine rings is 1. The molecule has 3 fully saturated rings. The van der Waals surface area contributed by atoms with Gasteiger partial charge in [-0.2, -0.15) is 0 Å². The van der Waals surface area contributed by atoms with Gasteiger partial charge in [0.2, 0.25) is 11.8 Å². The molecule has 0 aromatic rings. The molecule has 3 aliphatic rings. The molecule has 1 atom stereocenters. The van der Waals surface area contributed by atoms with Crippen molar-refractivity contribution in [1.29, 1.82) is 0 Å². The average molecular weight is 264 g/mol. The zero-order valence-electron chi connectivity index (χ0n) is 11.6.